The molecule has 1 amide bonds. The summed E-state index contributed by atoms with van der Waals surface area (Å²) in [6.45, 7) is 0. The van der Waals surface area contributed by atoms with Gasteiger partial charge in [-0.25, -0.2) is 9.67 Å². The molecule has 0 radical (unpaired) electrons. The lowest BCUT2D eigenvalue weighted by Crippen LogP contribution is -2.17. The first-order chi connectivity index (χ1) is 14.8. The second-order valence-electron chi connectivity index (χ2n) is 6.67. The number of hydrogen-bond acceptors (Lipinski definition) is 5. The van der Waals surface area contributed by atoms with Gasteiger partial charge in [-0.1, -0.05) is 11.5 Å². The fourth-order valence-electron chi connectivity index (χ4n) is 2.89. The Kier molecular flexibility index (Phi) is 5.24. The highest BCUT2D eigenvalue weighted by molar-refractivity contribution is 6.32. The molecular weight excluding hydrogens is 408 g/mol. The smallest absolute Gasteiger partial charge is 0.307 e. The third-order valence-electron chi connectivity index (χ3n) is 4.33. The Labute approximate surface area is 175 Å². The molecule has 4 aromatic heterocycles. The van der Waals surface area contributed by atoms with Crippen LogP contribution in [0.1, 0.15) is 16.1 Å². The van der Waals surface area contributed by atoms with Crippen LogP contribution in [0.5, 0.6) is 0 Å². The van der Waals surface area contributed by atoms with Crippen LogP contribution in [0.2, 0.25) is 0 Å². The van der Waals surface area contributed by atoms with E-state index in [1.807, 2.05) is 0 Å². The second-order valence-corrected chi connectivity index (χ2v) is 6.67. The topological polar surface area (TPSA) is 85.6 Å². The summed E-state index contributed by atoms with van der Waals surface area (Å²) in [6.07, 6.45) is 2.57. The number of carbonyl (C=O) groups excluding carboxylic acids is 1. The van der Waals surface area contributed by atoms with Gasteiger partial charge in [-0.05, 0) is 30.3 Å². The number of carbonyl (C=O) groups is 1. The molecule has 4 heterocycles. The maximum atomic E-state index is 13.6. The van der Waals surface area contributed by atoms with E-state index in [1.54, 1.807) is 32.2 Å². The van der Waals surface area contributed by atoms with E-state index in [0.717, 1.165) is 16.2 Å². The van der Waals surface area contributed by atoms with Crippen LogP contribution in [-0.4, -0.2) is 38.5 Å². The molecule has 0 saturated carbocycles. The molecule has 0 atom stereocenters. The van der Waals surface area contributed by atoms with Gasteiger partial charge in [0.2, 0.25) is 0 Å². The lowest BCUT2D eigenvalue weighted by Gasteiger charge is -2.10. The fourth-order valence-corrected chi connectivity index (χ4v) is 2.89. The molecular formula is C20H14BF3N6O. The minimum Gasteiger partial charge on any atom is -0.307 e. The Bertz CT molecular complexity index is 1230. The number of rotatable bonds is 4. The van der Waals surface area contributed by atoms with Crippen molar-refractivity contribution in [1.82, 2.24) is 24.7 Å². The van der Waals surface area contributed by atoms with Crippen molar-refractivity contribution in [2.24, 2.45) is 0 Å². The molecule has 4 aromatic rings. The fraction of sp³-hybridized carbons (Fsp3) is 0.0500. The van der Waals surface area contributed by atoms with Crippen LogP contribution in [0.3, 0.4) is 0 Å². The van der Waals surface area contributed by atoms with Gasteiger partial charge < -0.3 is 5.32 Å². The van der Waals surface area contributed by atoms with Crippen molar-refractivity contribution < 1.29 is 18.0 Å². The lowest BCUT2D eigenvalue weighted by molar-refractivity contribution is -0.142. The van der Waals surface area contributed by atoms with Gasteiger partial charge in [-0.3, -0.25) is 14.8 Å². The molecule has 0 unspecified atom stereocenters. The first-order valence-corrected chi connectivity index (χ1v) is 9.08. The minimum absolute atomic E-state index is 0.0951. The Morgan fingerprint density at radius 3 is 2.52 bits per heavy atom. The standard InChI is InChI=1S/C20H14BF3N6O/c21-14-6-13(9-26-10-14)19(31)28-18-4-3-15(11-27-18)30-17(20(22,23)24)7-16(29-30)12-2-1-5-25-8-12/h1-11H,21H2,(H,27,28,31). The van der Waals surface area contributed by atoms with Gasteiger partial charge in [0.05, 0.1) is 23.1 Å². The van der Waals surface area contributed by atoms with Crippen LogP contribution in [0, 0.1) is 0 Å². The van der Waals surface area contributed by atoms with Gasteiger partial charge in [-0.2, -0.15) is 18.3 Å². The van der Waals surface area contributed by atoms with Crippen molar-refractivity contribution in [2.45, 2.75) is 6.18 Å². The van der Waals surface area contributed by atoms with Gasteiger partial charge in [0, 0.05) is 30.4 Å². The summed E-state index contributed by atoms with van der Waals surface area (Å²) in [7, 11) is 1.80. The molecule has 0 aromatic carbocycles. The molecule has 0 bridgehead atoms. The molecule has 0 aliphatic carbocycles. The summed E-state index contributed by atoms with van der Waals surface area (Å²) in [5.41, 5.74) is 0.894. The van der Waals surface area contributed by atoms with E-state index in [-0.39, 0.29) is 17.2 Å². The van der Waals surface area contributed by atoms with E-state index in [2.05, 4.69) is 25.4 Å². The largest absolute Gasteiger partial charge is 0.433 e. The first kappa shape index (κ1) is 20.3. The van der Waals surface area contributed by atoms with E-state index in [0.29, 0.717) is 11.1 Å². The van der Waals surface area contributed by atoms with E-state index >= 15 is 0 Å². The van der Waals surface area contributed by atoms with Crippen molar-refractivity contribution in [1.29, 1.82) is 0 Å². The molecule has 31 heavy (non-hydrogen) atoms. The highest BCUT2D eigenvalue weighted by atomic mass is 19.4. The van der Waals surface area contributed by atoms with Crippen molar-refractivity contribution in [3.8, 4) is 16.9 Å². The number of halogens is 3. The van der Waals surface area contributed by atoms with Crippen LogP contribution in [0.4, 0.5) is 19.0 Å². The number of aromatic nitrogens is 5. The number of anilines is 1. The molecule has 0 aliphatic heterocycles. The summed E-state index contributed by atoms with van der Waals surface area (Å²) in [5, 5.41) is 6.68. The predicted octanol–water partition coefficient (Wildman–Crippen LogP) is 2.25. The quantitative estimate of drug-likeness (QED) is 0.510. The number of nitrogens with one attached hydrogen (secondary N) is 1. The third-order valence-corrected chi connectivity index (χ3v) is 4.33. The Hall–Kier alpha value is -4.02. The van der Waals surface area contributed by atoms with Crippen LogP contribution < -0.4 is 10.8 Å². The Morgan fingerprint density at radius 2 is 1.87 bits per heavy atom. The summed E-state index contributed by atoms with van der Waals surface area (Å²) >= 11 is 0. The number of alkyl halides is 3. The number of hydrogen-bond donors (Lipinski definition) is 1. The highest BCUT2D eigenvalue weighted by Gasteiger charge is 2.36. The SMILES string of the molecule is Bc1cncc(C(=O)Nc2ccc(-n3nc(-c4cccnc4)cc3C(F)(F)F)cn2)c1. The molecule has 4 rings (SSSR count). The molecule has 7 nitrogen and oxygen atoms in total. The third kappa shape index (κ3) is 4.45. The van der Waals surface area contributed by atoms with Crippen molar-refractivity contribution in [3.63, 3.8) is 0 Å². The van der Waals surface area contributed by atoms with Gasteiger partial charge >= 0.3 is 6.18 Å². The van der Waals surface area contributed by atoms with E-state index in [1.165, 1.54) is 36.9 Å². The normalized spacial score (nSPS) is 11.3. The molecule has 0 saturated heterocycles. The molecule has 154 valence electrons. The maximum Gasteiger partial charge on any atom is 0.433 e. The average Bonchev–Trinajstić information content (AvgIpc) is 3.21. The van der Waals surface area contributed by atoms with Gasteiger partial charge in [0.25, 0.3) is 5.91 Å². The minimum atomic E-state index is -4.63. The molecule has 0 fully saturated rings. The zero-order valence-electron chi connectivity index (χ0n) is 16.1. The summed E-state index contributed by atoms with van der Waals surface area (Å²) in [6, 6.07) is 8.66. The zero-order chi connectivity index (χ0) is 22.0. The van der Waals surface area contributed by atoms with E-state index in [4.69, 9.17) is 0 Å². The number of pyridine rings is 3. The second kappa shape index (κ2) is 8.02. The Morgan fingerprint density at radius 1 is 1.03 bits per heavy atom. The van der Waals surface area contributed by atoms with Gasteiger partial charge in [-0.15, -0.1) is 0 Å². The van der Waals surface area contributed by atoms with Crippen molar-refractivity contribution in [2.75, 3.05) is 5.32 Å². The highest BCUT2D eigenvalue weighted by Crippen LogP contribution is 2.33. The number of amides is 1. The monoisotopic (exact) mass is 422 g/mol. The first-order valence-electron chi connectivity index (χ1n) is 9.08. The van der Waals surface area contributed by atoms with E-state index in [9.17, 15) is 18.0 Å². The maximum absolute atomic E-state index is 13.6. The zero-order valence-corrected chi connectivity index (χ0v) is 16.1. The summed E-state index contributed by atoms with van der Waals surface area (Å²) < 4.78 is 41.5. The Balaban J connectivity index is 1.63. The molecule has 1 N–H and O–H groups in total. The van der Waals surface area contributed by atoms with Gasteiger partial charge in [0.15, 0.2) is 0 Å². The van der Waals surface area contributed by atoms with Gasteiger partial charge in [0.1, 0.15) is 19.4 Å². The van der Waals surface area contributed by atoms with E-state index < -0.39 is 17.8 Å². The summed E-state index contributed by atoms with van der Waals surface area (Å²) in [5.74, 6) is -0.242. The molecule has 0 spiro atoms. The van der Waals surface area contributed by atoms with Crippen LogP contribution in [-0.2, 0) is 6.18 Å². The van der Waals surface area contributed by atoms with Crippen LogP contribution >= 0.6 is 0 Å². The summed E-state index contributed by atoms with van der Waals surface area (Å²) in [4.78, 5) is 24.2. The lowest BCUT2D eigenvalue weighted by atomic mass is 9.97. The van der Waals surface area contributed by atoms with Crippen LogP contribution in [0.15, 0.2) is 67.4 Å². The predicted molar refractivity (Wildman–Crippen MR) is 110 cm³/mol. The molecule has 11 heteroatoms. The average molecular weight is 422 g/mol. The van der Waals surface area contributed by atoms with Crippen LogP contribution in [0.25, 0.3) is 16.9 Å². The van der Waals surface area contributed by atoms with Crippen molar-refractivity contribution >= 4 is 25.0 Å². The molecule has 0 aliphatic rings. The van der Waals surface area contributed by atoms with Crippen molar-refractivity contribution in [3.05, 3.63) is 78.6 Å². The number of nitrogens with zero attached hydrogens (tertiary/aromatic N) is 5.